The number of carboxylic acids is 1. The zero-order valence-electron chi connectivity index (χ0n) is 15.9. The van der Waals surface area contributed by atoms with Gasteiger partial charge >= 0.3 is 12.1 Å². The van der Waals surface area contributed by atoms with Gasteiger partial charge < -0.3 is 9.67 Å². The second-order valence-electron chi connectivity index (χ2n) is 6.28. The summed E-state index contributed by atoms with van der Waals surface area (Å²) in [6, 6.07) is 1.51. The van der Waals surface area contributed by atoms with E-state index in [0.717, 1.165) is 0 Å². The van der Waals surface area contributed by atoms with Gasteiger partial charge in [0.2, 0.25) is 10.0 Å². The Labute approximate surface area is 169 Å². The molecule has 0 amide bonds. The molecule has 0 unspecified atom stereocenters. The number of nitrogens with zero attached hydrogens (tertiary/aromatic N) is 5. The second kappa shape index (κ2) is 9.38. The molecule has 10 nitrogen and oxygen atoms in total. The Morgan fingerprint density at radius 3 is 2.50 bits per heavy atom. The first-order valence-corrected chi connectivity index (χ1v) is 10.4. The van der Waals surface area contributed by atoms with Crippen LogP contribution in [-0.2, 0) is 34.5 Å². The molecule has 0 bridgehead atoms. The van der Waals surface area contributed by atoms with E-state index in [-0.39, 0.29) is 17.9 Å². The largest absolute Gasteiger partial charge is 0.490 e. The smallest absolute Gasteiger partial charge is 0.475 e. The Bertz CT molecular complexity index is 1030. The van der Waals surface area contributed by atoms with Gasteiger partial charge in [0.15, 0.2) is 0 Å². The highest BCUT2D eigenvalue weighted by Gasteiger charge is 2.38. The normalized spacial score (nSPS) is 14.9. The van der Waals surface area contributed by atoms with Gasteiger partial charge in [0, 0.05) is 31.5 Å². The molecule has 0 atom stereocenters. The summed E-state index contributed by atoms with van der Waals surface area (Å²) in [5.74, 6) is -2.21. The molecule has 0 saturated carbocycles. The van der Waals surface area contributed by atoms with Crippen molar-refractivity contribution in [3.05, 3.63) is 46.7 Å². The quantitative estimate of drug-likeness (QED) is 0.724. The van der Waals surface area contributed by atoms with Crippen molar-refractivity contribution in [1.29, 1.82) is 0 Å². The van der Waals surface area contributed by atoms with E-state index in [1.54, 1.807) is 30.2 Å². The van der Waals surface area contributed by atoms with Gasteiger partial charge in [-0.25, -0.2) is 23.2 Å². The first-order chi connectivity index (χ1) is 13.9. The van der Waals surface area contributed by atoms with E-state index in [1.165, 1.54) is 10.4 Å². The van der Waals surface area contributed by atoms with Gasteiger partial charge in [-0.1, -0.05) is 0 Å². The monoisotopic (exact) mass is 451 g/mol. The summed E-state index contributed by atoms with van der Waals surface area (Å²) in [5.41, 5.74) is 0.468. The Balaban J connectivity index is 0.000000396. The molecule has 0 radical (unpaired) electrons. The summed E-state index contributed by atoms with van der Waals surface area (Å²) in [6.45, 7) is 3.10. The van der Waals surface area contributed by atoms with E-state index >= 15 is 0 Å². The van der Waals surface area contributed by atoms with E-state index in [0.29, 0.717) is 37.6 Å². The SMILES string of the molecule is CCS(=O)(=O)N1CCCn2c(nc(Cn3ccnc3)cc2=O)C1.O=C(O)C(F)(F)F. The number of fused-ring (bicyclic) bond motifs is 1. The molecule has 1 N–H and O–H groups in total. The van der Waals surface area contributed by atoms with Crippen LogP contribution in [0.5, 0.6) is 0 Å². The van der Waals surface area contributed by atoms with Crippen LogP contribution in [0.1, 0.15) is 24.9 Å². The van der Waals surface area contributed by atoms with Crippen LogP contribution in [-0.4, -0.2) is 61.4 Å². The van der Waals surface area contributed by atoms with Crippen molar-refractivity contribution in [1.82, 2.24) is 23.4 Å². The number of aromatic nitrogens is 4. The minimum Gasteiger partial charge on any atom is -0.475 e. The average Bonchev–Trinajstić information content (AvgIpc) is 3.05. The number of hydrogen-bond acceptors (Lipinski definition) is 6. The Morgan fingerprint density at radius 2 is 1.97 bits per heavy atom. The summed E-state index contributed by atoms with van der Waals surface area (Å²) in [6.07, 6.45) is 0.623. The van der Waals surface area contributed by atoms with Gasteiger partial charge in [-0.15, -0.1) is 0 Å². The van der Waals surface area contributed by atoms with Gasteiger partial charge in [-0.2, -0.15) is 17.5 Å². The summed E-state index contributed by atoms with van der Waals surface area (Å²) in [4.78, 5) is 29.7. The average molecular weight is 451 g/mol. The van der Waals surface area contributed by atoms with E-state index in [1.807, 2.05) is 4.57 Å². The van der Waals surface area contributed by atoms with Crippen molar-refractivity contribution in [3.8, 4) is 0 Å². The Morgan fingerprint density at radius 1 is 1.30 bits per heavy atom. The number of aliphatic carboxylic acids is 1. The topological polar surface area (TPSA) is 127 Å². The van der Waals surface area contributed by atoms with Gasteiger partial charge in [-0.3, -0.25) is 9.36 Å². The van der Waals surface area contributed by atoms with Crippen LogP contribution >= 0.6 is 0 Å². The molecule has 0 aromatic carbocycles. The minimum absolute atomic E-state index is 0.0476. The van der Waals surface area contributed by atoms with Crippen molar-refractivity contribution < 1.29 is 31.5 Å². The zero-order valence-corrected chi connectivity index (χ0v) is 16.7. The zero-order chi connectivity index (χ0) is 22.5. The number of imidazole rings is 1. The minimum atomic E-state index is -5.08. The first kappa shape index (κ1) is 23.5. The van der Waals surface area contributed by atoms with Crippen LogP contribution in [0.2, 0.25) is 0 Å². The molecule has 3 rings (SSSR count). The van der Waals surface area contributed by atoms with Gasteiger partial charge in [0.05, 0.1) is 30.9 Å². The first-order valence-electron chi connectivity index (χ1n) is 8.77. The highest BCUT2D eigenvalue weighted by molar-refractivity contribution is 7.89. The van der Waals surface area contributed by atoms with Crippen molar-refractivity contribution in [2.45, 2.75) is 39.2 Å². The van der Waals surface area contributed by atoms with E-state index in [2.05, 4.69) is 9.97 Å². The van der Waals surface area contributed by atoms with Gasteiger partial charge in [0.1, 0.15) is 5.82 Å². The van der Waals surface area contributed by atoms with Crippen molar-refractivity contribution >= 4 is 16.0 Å². The summed E-state index contributed by atoms with van der Waals surface area (Å²) in [5, 5.41) is 7.12. The molecule has 166 valence electrons. The van der Waals surface area contributed by atoms with Crippen LogP contribution in [0.25, 0.3) is 0 Å². The molecular weight excluding hydrogens is 431 g/mol. The van der Waals surface area contributed by atoms with Gasteiger partial charge in [0.25, 0.3) is 5.56 Å². The maximum atomic E-state index is 12.3. The molecule has 2 aromatic heterocycles. The van der Waals surface area contributed by atoms with Crippen LogP contribution in [0.15, 0.2) is 29.6 Å². The van der Waals surface area contributed by atoms with E-state index < -0.39 is 22.2 Å². The summed E-state index contributed by atoms with van der Waals surface area (Å²) in [7, 11) is -3.30. The van der Waals surface area contributed by atoms with Crippen LogP contribution in [0, 0.1) is 0 Å². The number of halogens is 3. The molecule has 14 heteroatoms. The lowest BCUT2D eigenvalue weighted by Crippen LogP contribution is -2.33. The van der Waals surface area contributed by atoms with Gasteiger partial charge in [-0.05, 0) is 13.3 Å². The third-order valence-electron chi connectivity index (χ3n) is 4.15. The molecule has 1 aliphatic heterocycles. The maximum Gasteiger partial charge on any atom is 0.490 e. The number of sulfonamides is 1. The van der Waals surface area contributed by atoms with Crippen molar-refractivity contribution in [2.24, 2.45) is 0 Å². The fourth-order valence-electron chi connectivity index (χ4n) is 2.68. The van der Waals surface area contributed by atoms with Crippen molar-refractivity contribution in [3.63, 3.8) is 0 Å². The molecule has 0 fully saturated rings. The van der Waals surface area contributed by atoms with E-state index in [4.69, 9.17) is 9.90 Å². The Hall–Kier alpha value is -2.74. The molecule has 1 aliphatic rings. The standard InChI is InChI=1S/C14H19N5O3S.C2HF3O2/c1-2-23(21,22)18-5-3-6-19-13(10-18)16-12(8-14(19)20)9-17-7-4-15-11-17;3-2(4,5)1(6)7/h4,7-8,11H,2-3,5-6,9-10H2,1H3;(H,6,7). The highest BCUT2D eigenvalue weighted by atomic mass is 32.2. The molecule has 30 heavy (non-hydrogen) atoms. The van der Waals surface area contributed by atoms with Crippen molar-refractivity contribution in [2.75, 3.05) is 12.3 Å². The molecule has 0 aliphatic carbocycles. The van der Waals surface area contributed by atoms with Crippen LogP contribution in [0.4, 0.5) is 13.2 Å². The number of rotatable bonds is 4. The number of hydrogen-bond donors (Lipinski definition) is 1. The molecule has 2 aromatic rings. The molecular formula is C16H20F3N5O5S. The maximum absolute atomic E-state index is 12.3. The number of alkyl halides is 3. The number of carbonyl (C=O) groups is 1. The third-order valence-corrected chi connectivity index (χ3v) is 5.98. The lowest BCUT2D eigenvalue weighted by Gasteiger charge is -2.18. The highest BCUT2D eigenvalue weighted by Crippen LogP contribution is 2.14. The second-order valence-corrected chi connectivity index (χ2v) is 8.54. The Kier molecular flexibility index (Phi) is 7.36. The summed E-state index contributed by atoms with van der Waals surface area (Å²) < 4.78 is 60.8. The predicted octanol–water partition coefficient (Wildman–Crippen LogP) is 0.677. The third kappa shape index (κ3) is 6.13. The lowest BCUT2D eigenvalue weighted by molar-refractivity contribution is -0.192. The van der Waals surface area contributed by atoms with Crippen LogP contribution < -0.4 is 5.56 Å². The van der Waals surface area contributed by atoms with E-state index in [9.17, 15) is 26.4 Å². The fraction of sp³-hybridized carbons (Fsp3) is 0.500. The lowest BCUT2D eigenvalue weighted by atomic mass is 10.3. The predicted molar refractivity (Wildman–Crippen MR) is 98.0 cm³/mol. The molecule has 3 heterocycles. The fourth-order valence-corrected chi connectivity index (χ4v) is 3.76. The number of carboxylic acid groups (broad SMARTS) is 1. The van der Waals surface area contributed by atoms with Crippen LogP contribution in [0.3, 0.4) is 0 Å². The molecule has 0 spiro atoms. The summed E-state index contributed by atoms with van der Waals surface area (Å²) >= 11 is 0. The molecule has 0 saturated heterocycles.